The van der Waals surface area contributed by atoms with Crippen molar-refractivity contribution in [3.8, 4) is 22.5 Å². The summed E-state index contributed by atoms with van der Waals surface area (Å²) < 4.78 is 17.1. The zero-order valence-corrected chi connectivity index (χ0v) is 13.4. The topological polar surface area (TPSA) is 86.4 Å². The van der Waals surface area contributed by atoms with Gasteiger partial charge in [0.25, 0.3) is 0 Å². The quantitative estimate of drug-likeness (QED) is 0.532. The van der Waals surface area contributed by atoms with Crippen LogP contribution in [0.5, 0.6) is 0 Å². The average molecular weight is 345 g/mol. The summed E-state index contributed by atoms with van der Waals surface area (Å²) in [7, 11) is 0. The SMILES string of the molecule is Nc1nc(-c2ccc(F)cc2)c(-c2ccc3nncn3c2)n2ccnc12. The highest BCUT2D eigenvalue weighted by atomic mass is 19.1. The fraction of sp³-hybridized carbons (Fsp3) is 0. The lowest BCUT2D eigenvalue weighted by molar-refractivity contribution is 0.628. The number of rotatable bonds is 2. The molecule has 4 heterocycles. The monoisotopic (exact) mass is 345 g/mol. The summed E-state index contributed by atoms with van der Waals surface area (Å²) in [5, 5.41) is 7.94. The molecule has 8 heteroatoms. The van der Waals surface area contributed by atoms with E-state index in [2.05, 4.69) is 20.2 Å². The Labute approximate surface area is 146 Å². The summed E-state index contributed by atoms with van der Waals surface area (Å²) in [4.78, 5) is 8.84. The Balaban J connectivity index is 1.86. The number of anilines is 1. The molecule has 0 spiro atoms. The van der Waals surface area contributed by atoms with Gasteiger partial charge in [0.05, 0.1) is 11.4 Å². The molecule has 5 rings (SSSR count). The molecule has 4 aromatic heterocycles. The van der Waals surface area contributed by atoms with E-state index in [1.807, 2.05) is 33.3 Å². The van der Waals surface area contributed by atoms with E-state index in [1.165, 1.54) is 12.1 Å². The Hall–Kier alpha value is -3.81. The average Bonchev–Trinajstić information content (AvgIpc) is 3.31. The van der Waals surface area contributed by atoms with Gasteiger partial charge in [-0.05, 0) is 36.4 Å². The predicted molar refractivity (Wildman–Crippen MR) is 94.8 cm³/mol. The molecule has 0 saturated carbocycles. The molecule has 0 bridgehead atoms. The second-order valence-electron chi connectivity index (χ2n) is 5.84. The minimum Gasteiger partial charge on any atom is -0.381 e. The van der Waals surface area contributed by atoms with Crippen LogP contribution in [-0.2, 0) is 0 Å². The molecule has 0 atom stereocenters. The Bertz CT molecular complexity index is 1250. The maximum absolute atomic E-state index is 13.4. The number of fused-ring (bicyclic) bond motifs is 2. The summed E-state index contributed by atoms with van der Waals surface area (Å²) in [5.74, 6) is 0.00124. The second-order valence-corrected chi connectivity index (χ2v) is 5.84. The fourth-order valence-electron chi connectivity index (χ4n) is 3.06. The molecule has 126 valence electrons. The van der Waals surface area contributed by atoms with E-state index in [-0.39, 0.29) is 5.82 Å². The zero-order valence-electron chi connectivity index (χ0n) is 13.4. The molecule has 5 aromatic rings. The van der Waals surface area contributed by atoms with Gasteiger partial charge in [-0.25, -0.2) is 14.4 Å². The first-order chi connectivity index (χ1) is 12.7. The summed E-state index contributed by atoms with van der Waals surface area (Å²) in [6, 6.07) is 9.97. The summed E-state index contributed by atoms with van der Waals surface area (Å²) >= 11 is 0. The number of aromatic nitrogens is 6. The number of benzene rings is 1. The zero-order chi connectivity index (χ0) is 17.7. The van der Waals surface area contributed by atoms with E-state index in [1.54, 1.807) is 24.7 Å². The standard InChI is InChI=1S/C18H12FN7/c19-13-4-1-11(2-5-13)15-16(26-8-7-21-18(26)17(20)23-15)12-3-6-14-24-22-10-25(14)9-12/h1-10H,(H2,20,23). The van der Waals surface area contributed by atoms with Crippen molar-refractivity contribution in [1.29, 1.82) is 0 Å². The highest BCUT2D eigenvalue weighted by Gasteiger charge is 2.17. The number of nitrogens with zero attached hydrogens (tertiary/aromatic N) is 6. The lowest BCUT2D eigenvalue weighted by Crippen LogP contribution is -2.04. The number of hydrogen-bond acceptors (Lipinski definition) is 5. The fourth-order valence-corrected chi connectivity index (χ4v) is 3.06. The Morgan fingerprint density at radius 2 is 1.81 bits per heavy atom. The minimum absolute atomic E-state index is 0.308. The van der Waals surface area contributed by atoms with Crippen molar-refractivity contribution in [1.82, 2.24) is 29.0 Å². The van der Waals surface area contributed by atoms with Crippen molar-refractivity contribution < 1.29 is 4.39 Å². The maximum atomic E-state index is 13.4. The van der Waals surface area contributed by atoms with E-state index in [9.17, 15) is 4.39 Å². The van der Waals surface area contributed by atoms with Crippen LogP contribution in [0.4, 0.5) is 10.2 Å². The smallest absolute Gasteiger partial charge is 0.180 e. The first kappa shape index (κ1) is 14.5. The molecule has 0 saturated heterocycles. The van der Waals surface area contributed by atoms with Gasteiger partial charge in [-0.3, -0.25) is 8.80 Å². The Morgan fingerprint density at radius 3 is 2.65 bits per heavy atom. The van der Waals surface area contributed by atoms with Gasteiger partial charge in [0.15, 0.2) is 17.1 Å². The van der Waals surface area contributed by atoms with E-state index < -0.39 is 0 Å². The number of hydrogen-bond donors (Lipinski definition) is 1. The summed E-state index contributed by atoms with van der Waals surface area (Å²) in [6.45, 7) is 0. The van der Waals surface area contributed by atoms with Gasteiger partial charge in [-0.15, -0.1) is 10.2 Å². The highest BCUT2D eigenvalue weighted by Crippen LogP contribution is 2.33. The third-order valence-corrected chi connectivity index (χ3v) is 4.25. The Morgan fingerprint density at radius 1 is 1.00 bits per heavy atom. The number of imidazole rings is 1. The van der Waals surface area contributed by atoms with E-state index in [4.69, 9.17) is 5.73 Å². The lowest BCUT2D eigenvalue weighted by Gasteiger charge is -2.14. The van der Waals surface area contributed by atoms with Crippen LogP contribution in [0.2, 0.25) is 0 Å². The molecule has 0 aliphatic carbocycles. The van der Waals surface area contributed by atoms with Crippen LogP contribution in [0.3, 0.4) is 0 Å². The first-order valence-electron chi connectivity index (χ1n) is 7.89. The van der Waals surface area contributed by atoms with Gasteiger partial charge < -0.3 is 5.73 Å². The molecule has 0 aliphatic rings. The molecule has 0 amide bonds. The molecule has 26 heavy (non-hydrogen) atoms. The summed E-state index contributed by atoms with van der Waals surface area (Å²) in [6.07, 6.45) is 7.04. The number of halogens is 1. The van der Waals surface area contributed by atoms with E-state index in [0.717, 1.165) is 22.5 Å². The van der Waals surface area contributed by atoms with Crippen LogP contribution in [-0.4, -0.2) is 29.0 Å². The molecule has 0 aliphatic heterocycles. The van der Waals surface area contributed by atoms with Crippen LogP contribution in [0.25, 0.3) is 33.8 Å². The van der Waals surface area contributed by atoms with Gasteiger partial charge in [0.2, 0.25) is 0 Å². The number of pyridine rings is 1. The van der Waals surface area contributed by atoms with Gasteiger partial charge in [0.1, 0.15) is 12.1 Å². The molecular weight excluding hydrogens is 333 g/mol. The third-order valence-electron chi connectivity index (χ3n) is 4.25. The van der Waals surface area contributed by atoms with Gasteiger partial charge in [0, 0.05) is 29.7 Å². The van der Waals surface area contributed by atoms with Gasteiger partial charge >= 0.3 is 0 Å². The third kappa shape index (κ3) is 2.12. The van der Waals surface area contributed by atoms with Crippen LogP contribution >= 0.6 is 0 Å². The van der Waals surface area contributed by atoms with Crippen molar-refractivity contribution in [2.24, 2.45) is 0 Å². The summed E-state index contributed by atoms with van der Waals surface area (Å²) in [5.41, 5.74) is 10.5. The van der Waals surface area contributed by atoms with Crippen molar-refractivity contribution >= 4 is 17.1 Å². The van der Waals surface area contributed by atoms with Gasteiger partial charge in [-0.2, -0.15) is 0 Å². The first-order valence-corrected chi connectivity index (χ1v) is 7.89. The predicted octanol–water partition coefficient (Wildman–Crippen LogP) is 2.83. The van der Waals surface area contributed by atoms with Crippen LogP contribution in [0, 0.1) is 5.82 Å². The molecule has 0 unspecified atom stereocenters. The molecule has 1 aromatic carbocycles. The van der Waals surface area contributed by atoms with E-state index in [0.29, 0.717) is 17.2 Å². The molecular formula is C18H12FN7. The van der Waals surface area contributed by atoms with Crippen molar-refractivity contribution in [2.45, 2.75) is 0 Å². The Kier molecular flexibility index (Phi) is 2.99. The van der Waals surface area contributed by atoms with Crippen LogP contribution in [0.15, 0.2) is 61.3 Å². The highest BCUT2D eigenvalue weighted by molar-refractivity contribution is 5.83. The van der Waals surface area contributed by atoms with Crippen molar-refractivity contribution in [3.05, 3.63) is 67.1 Å². The van der Waals surface area contributed by atoms with Gasteiger partial charge in [-0.1, -0.05) is 0 Å². The minimum atomic E-state index is -0.308. The molecule has 0 fully saturated rings. The molecule has 7 nitrogen and oxygen atoms in total. The van der Waals surface area contributed by atoms with Crippen molar-refractivity contribution in [2.75, 3.05) is 5.73 Å². The van der Waals surface area contributed by atoms with Crippen LogP contribution in [0.1, 0.15) is 0 Å². The number of nitrogen functional groups attached to an aromatic ring is 1. The second kappa shape index (κ2) is 5.35. The van der Waals surface area contributed by atoms with Crippen LogP contribution < -0.4 is 5.73 Å². The molecule has 0 radical (unpaired) electrons. The molecule has 2 N–H and O–H groups in total. The van der Waals surface area contributed by atoms with Crippen molar-refractivity contribution in [3.63, 3.8) is 0 Å². The lowest BCUT2D eigenvalue weighted by atomic mass is 10.0. The largest absolute Gasteiger partial charge is 0.381 e. The normalized spacial score (nSPS) is 11.4. The van der Waals surface area contributed by atoms with E-state index >= 15 is 0 Å². The maximum Gasteiger partial charge on any atom is 0.180 e. The number of nitrogens with two attached hydrogens (primary N) is 1.